The molecule has 2 aromatic carbocycles. The number of imide groups is 1. The van der Waals surface area contributed by atoms with E-state index in [0.29, 0.717) is 40.3 Å². The van der Waals surface area contributed by atoms with Crippen molar-refractivity contribution in [3.05, 3.63) is 57.1 Å². The summed E-state index contributed by atoms with van der Waals surface area (Å²) < 4.78 is 1.12. The summed E-state index contributed by atoms with van der Waals surface area (Å²) in [6.45, 7) is 2.32. The Morgan fingerprint density at radius 3 is 2.20 bits per heavy atom. The molecule has 5 rings (SSSR count). The van der Waals surface area contributed by atoms with Gasteiger partial charge in [0.15, 0.2) is 11.4 Å². The predicted molar refractivity (Wildman–Crippen MR) is 107 cm³/mol. The average molecular weight is 395 g/mol. The first-order valence-electron chi connectivity index (χ1n) is 9.47. The zero-order valence-electron chi connectivity index (χ0n) is 15.9. The number of carbonyl (C=O) groups is 2. The second kappa shape index (κ2) is 6.10. The molecule has 4 aromatic rings. The lowest BCUT2D eigenvalue weighted by Crippen LogP contribution is -2.41. The molecule has 0 spiro atoms. The van der Waals surface area contributed by atoms with Gasteiger partial charge in [-0.15, -0.1) is 0 Å². The Balaban J connectivity index is 1.95. The van der Waals surface area contributed by atoms with Gasteiger partial charge in [-0.1, -0.05) is 13.3 Å². The summed E-state index contributed by atoms with van der Waals surface area (Å²) in [7, 11) is 0. The fraction of sp³-hybridized carbons (Fsp3) is 0.182. The van der Waals surface area contributed by atoms with Gasteiger partial charge in [-0.25, -0.2) is 9.38 Å². The predicted octanol–water partition coefficient (Wildman–Crippen LogP) is 2.58. The fourth-order valence-electron chi connectivity index (χ4n) is 4.22. The van der Waals surface area contributed by atoms with E-state index in [-0.39, 0.29) is 34.2 Å². The number of amides is 2. The number of hydrogen-bond acceptors (Lipinski definition) is 6. The van der Waals surface area contributed by atoms with Crippen LogP contribution in [0.2, 0.25) is 0 Å². The highest BCUT2D eigenvalue weighted by molar-refractivity contribution is 6.31. The summed E-state index contributed by atoms with van der Waals surface area (Å²) in [5.41, 5.74) is 0.0912. The number of carbonyl (C=O) groups excluding carboxylic acids is 2. The van der Waals surface area contributed by atoms with Gasteiger partial charge in [-0.2, -0.15) is 10.5 Å². The van der Waals surface area contributed by atoms with Crippen LogP contribution in [-0.4, -0.2) is 32.6 Å². The molecule has 3 heterocycles. The standard InChI is InChI=1S/C22H13N5O3/c1-2-3-8-26-20(28)12-5-4-11-17-14(7-6-13(18(12)17)21(26)29)22(30)27-16(10-24)15(9-23)25-19(11)27/h4-7H,2-3,8H2,1H3. The number of unbranched alkanes of at least 4 members (excludes halogenated alkanes) is 1. The number of rotatable bonds is 3. The van der Waals surface area contributed by atoms with E-state index in [1.54, 1.807) is 18.2 Å². The molecule has 0 N–H and O–H groups in total. The molecule has 0 aliphatic carbocycles. The molecule has 8 heteroatoms. The van der Waals surface area contributed by atoms with E-state index >= 15 is 0 Å². The van der Waals surface area contributed by atoms with Crippen LogP contribution in [-0.2, 0) is 0 Å². The van der Waals surface area contributed by atoms with E-state index < -0.39 is 5.56 Å². The Bertz CT molecular complexity index is 1550. The second-order valence-corrected chi connectivity index (χ2v) is 7.18. The molecule has 0 bridgehead atoms. The third-order valence-corrected chi connectivity index (χ3v) is 5.61. The maximum absolute atomic E-state index is 13.2. The number of hydrogen-bond donors (Lipinski definition) is 0. The van der Waals surface area contributed by atoms with Crippen molar-refractivity contribution in [3.63, 3.8) is 0 Å². The van der Waals surface area contributed by atoms with Gasteiger partial charge in [0.2, 0.25) is 0 Å². The summed E-state index contributed by atoms with van der Waals surface area (Å²) in [6.07, 6.45) is 1.55. The van der Waals surface area contributed by atoms with Crippen molar-refractivity contribution in [2.75, 3.05) is 6.54 Å². The minimum atomic E-state index is -0.514. The normalized spacial score (nSPS) is 13.4. The summed E-state index contributed by atoms with van der Waals surface area (Å²) in [5.74, 6) is -0.775. The first-order chi connectivity index (χ1) is 14.5. The van der Waals surface area contributed by atoms with Crippen LogP contribution in [0, 0.1) is 22.7 Å². The first-order valence-corrected chi connectivity index (χ1v) is 9.47. The SMILES string of the molecule is CCCCN1C(=O)c2ccc3c(=O)n4c(C#N)c(C#N)nc4c4ccc(c2c34)C1=O. The Hall–Kier alpha value is -4.30. The van der Waals surface area contributed by atoms with Gasteiger partial charge in [0, 0.05) is 39.2 Å². The lowest BCUT2D eigenvalue weighted by atomic mass is 9.90. The van der Waals surface area contributed by atoms with Crippen molar-refractivity contribution in [3.8, 4) is 12.1 Å². The van der Waals surface area contributed by atoms with Crippen molar-refractivity contribution in [2.24, 2.45) is 0 Å². The molecule has 0 saturated carbocycles. The molecule has 0 unspecified atom stereocenters. The number of imidazole rings is 1. The molecule has 0 fully saturated rings. The van der Waals surface area contributed by atoms with Crippen LogP contribution in [0.5, 0.6) is 0 Å². The van der Waals surface area contributed by atoms with Gasteiger partial charge in [-0.05, 0) is 30.7 Å². The Morgan fingerprint density at radius 1 is 0.933 bits per heavy atom. The van der Waals surface area contributed by atoms with Crippen LogP contribution in [0.3, 0.4) is 0 Å². The average Bonchev–Trinajstić information content (AvgIpc) is 3.15. The lowest BCUT2D eigenvalue weighted by molar-refractivity contribution is 0.0608. The molecule has 2 amide bonds. The largest absolute Gasteiger partial charge is 0.274 e. The molecule has 144 valence electrons. The molecule has 0 saturated heterocycles. The van der Waals surface area contributed by atoms with Crippen molar-refractivity contribution in [2.45, 2.75) is 19.8 Å². The topological polar surface area (TPSA) is 119 Å². The van der Waals surface area contributed by atoms with Crippen LogP contribution in [0.15, 0.2) is 29.1 Å². The first kappa shape index (κ1) is 17.8. The van der Waals surface area contributed by atoms with E-state index in [1.165, 1.54) is 11.0 Å². The molecule has 0 radical (unpaired) electrons. The monoisotopic (exact) mass is 395 g/mol. The highest BCUT2D eigenvalue weighted by atomic mass is 16.2. The molecular weight excluding hydrogens is 382 g/mol. The number of fused-ring (bicyclic) bond motifs is 2. The van der Waals surface area contributed by atoms with Gasteiger partial charge in [0.05, 0.1) is 0 Å². The fourth-order valence-corrected chi connectivity index (χ4v) is 4.22. The van der Waals surface area contributed by atoms with E-state index in [2.05, 4.69) is 4.98 Å². The van der Waals surface area contributed by atoms with Gasteiger partial charge >= 0.3 is 0 Å². The third-order valence-electron chi connectivity index (χ3n) is 5.61. The third kappa shape index (κ3) is 2.02. The van der Waals surface area contributed by atoms with Crippen LogP contribution in [0.4, 0.5) is 0 Å². The lowest BCUT2D eigenvalue weighted by Gasteiger charge is -2.27. The summed E-state index contributed by atoms with van der Waals surface area (Å²) in [6, 6.07) is 10.1. The van der Waals surface area contributed by atoms with E-state index in [0.717, 1.165) is 10.8 Å². The van der Waals surface area contributed by atoms with Crippen LogP contribution in [0.1, 0.15) is 51.9 Å². The van der Waals surface area contributed by atoms with Crippen molar-refractivity contribution >= 4 is 39.0 Å². The van der Waals surface area contributed by atoms with Crippen molar-refractivity contribution in [1.29, 1.82) is 10.5 Å². The van der Waals surface area contributed by atoms with E-state index in [4.69, 9.17) is 0 Å². The molecule has 1 aliphatic rings. The number of benzene rings is 2. The van der Waals surface area contributed by atoms with Crippen LogP contribution in [0.25, 0.3) is 27.2 Å². The molecule has 2 aromatic heterocycles. The number of pyridine rings is 1. The Labute approximate surface area is 169 Å². The molecule has 1 aliphatic heterocycles. The molecule has 30 heavy (non-hydrogen) atoms. The van der Waals surface area contributed by atoms with Crippen LogP contribution >= 0.6 is 0 Å². The highest BCUT2D eigenvalue weighted by Crippen LogP contribution is 2.36. The van der Waals surface area contributed by atoms with Gasteiger partial charge < -0.3 is 0 Å². The molecule has 8 nitrogen and oxygen atoms in total. The number of nitrogens with zero attached hydrogens (tertiary/aromatic N) is 5. The number of nitriles is 2. The zero-order valence-corrected chi connectivity index (χ0v) is 15.9. The zero-order chi connectivity index (χ0) is 21.2. The second-order valence-electron chi connectivity index (χ2n) is 7.18. The Kier molecular flexibility index (Phi) is 3.61. The van der Waals surface area contributed by atoms with Gasteiger partial charge in [0.25, 0.3) is 17.4 Å². The molecular formula is C22H13N5O3. The van der Waals surface area contributed by atoms with Crippen molar-refractivity contribution < 1.29 is 9.59 Å². The maximum atomic E-state index is 13.2. The maximum Gasteiger partial charge on any atom is 0.265 e. The Morgan fingerprint density at radius 2 is 1.60 bits per heavy atom. The van der Waals surface area contributed by atoms with E-state index in [1.807, 2.05) is 19.1 Å². The van der Waals surface area contributed by atoms with Gasteiger partial charge in [0.1, 0.15) is 17.8 Å². The number of aromatic nitrogens is 2. The molecule has 0 atom stereocenters. The van der Waals surface area contributed by atoms with E-state index in [9.17, 15) is 24.9 Å². The summed E-state index contributed by atoms with van der Waals surface area (Å²) >= 11 is 0. The quantitative estimate of drug-likeness (QED) is 0.492. The summed E-state index contributed by atoms with van der Waals surface area (Å²) in [4.78, 5) is 44.7. The minimum absolute atomic E-state index is 0.130. The smallest absolute Gasteiger partial charge is 0.265 e. The van der Waals surface area contributed by atoms with Crippen LogP contribution < -0.4 is 5.56 Å². The van der Waals surface area contributed by atoms with Gasteiger partial charge in [-0.3, -0.25) is 19.3 Å². The summed E-state index contributed by atoms with van der Waals surface area (Å²) in [5, 5.41) is 20.4. The van der Waals surface area contributed by atoms with Crippen molar-refractivity contribution in [1.82, 2.24) is 14.3 Å². The minimum Gasteiger partial charge on any atom is -0.274 e. The highest BCUT2D eigenvalue weighted by Gasteiger charge is 2.34.